The summed E-state index contributed by atoms with van der Waals surface area (Å²) in [5.41, 5.74) is 0. The number of carboxylic acid groups (broad SMARTS) is 1. The average Bonchev–Trinajstić information content (AvgIpc) is 2.38. The van der Waals surface area contributed by atoms with E-state index in [0.29, 0.717) is 6.54 Å². The van der Waals surface area contributed by atoms with Crippen LogP contribution in [0.4, 0.5) is 4.79 Å². The van der Waals surface area contributed by atoms with Gasteiger partial charge in [-0.15, -0.1) is 0 Å². The van der Waals surface area contributed by atoms with Crippen LogP contribution >= 0.6 is 0 Å². The molecule has 0 aromatic heterocycles. The van der Waals surface area contributed by atoms with E-state index in [4.69, 9.17) is 5.11 Å². The number of hydrogen-bond donors (Lipinski definition) is 3. The minimum absolute atomic E-state index is 0.0512. The molecule has 2 amide bonds. The van der Waals surface area contributed by atoms with Crippen LogP contribution in [0.3, 0.4) is 0 Å². The molecule has 116 valence electrons. The molecule has 1 heterocycles. The van der Waals surface area contributed by atoms with E-state index in [2.05, 4.69) is 22.5 Å². The van der Waals surface area contributed by atoms with Crippen LogP contribution < -0.4 is 10.6 Å². The highest BCUT2D eigenvalue weighted by Crippen LogP contribution is 2.10. The van der Waals surface area contributed by atoms with Gasteiger partial charge in [0.05, 0.1) is 0 Å². The molecule has 3 N–H and O–H groups in total. The zero-order chi connectivity index (χ0) is 15.0. The highest BCUT2D eigenvalue weighted by atomic mass is 16.4. The lowest BCUT2D eigenvalue weighted by Gasteiger charge is -2.32. The lowest BCUT2D eigenvalue weighted by molar-refractivity contribution is -0.137. The zero-order valence-electron chi connectivity index (χ0n) is 12.5. The fourth-order valence-corrected chi connectivity index (χ4v) is 2.49. The maximum Gasteiger partial charge on any atom is 0.315 e. The van der Waals surface area contributed by atoms with Crippen LogP contribution in [-0.4, -0.2) is 54.2 Å². The van der Waals surface area contributed by atoms with E-state index >= 15 is 0 Å². The summed E-state index contributed by atoms with van der Waals surface area (Å²) in [6.45, 7) is 7.59. The second-order valence-electron chi connectivity index (χ2n) is 5.67. The number of likely N-dealkylation sites (tertiary alicyclic amines) is 1. The number of carboxylic acids is 1. The number of carbonyl (C=O) groups excluding carboxylic acids is 1. The first-order valence-corrected chi connectivity index (χ1v) is 7.49. The normalized spacial score (nSPS) is 18.5. The lowest BCUT2D eigenvalue weighted by Crippen LogP contribution is -2.48. The van der Waals surface area contributed by atoms with Crippen molar-refractivity contribution in [1.29, 1.82) is 0 Å². The van der Waals surface area contributed by atoms with Crippen LogP contribution in [-0.2, 0) is 4.79 Å². The number of hydrogen-bond acceptors (Lipinski definition) is 3. The van der Waals surface area contributed by atoms with E-state index in [0.717, 1.165) is 32.5 Å². The van der Waals surface area contributed by atoms with Crippen LogP contribution in [0.15, 0.2) is 0 Å². The smallest absolute Gasteiger partial charge is 0.315 e. The van der Waals surface area contributed by atoms with Gasteiger partial charge < -0.3 is 20.6 Å². The van der Waals surface area contributed by atoms with Gasteiger partial charge in [0.25, 0.3) is 0 Å². The molecular weight excluding hydrogens is 258 g/mol. The van der Waals surface area contributed by atoms with E-state index in [1.165, 1.54) is 6.42 Å². The third-order valence-electron chi connectivity index (χ3n) is 3.60. The Hall–Kier alpha value is -1.30. The standard InChI is InChI=1S/C14H27N3O3/c1-3-6-17-7-4-12(5-8-17)16-14(20)15-10-11(2)9-13(18)19/h11-12H,3-10H2,1-2H3,(H,18,19)(H2,15,16,20). The van der Waals surface area contributed by atoms with Crippen molar-refractivity contribution in [1.82, 2.24) is 15.5 Å². The molecule has 0 aromatic rings. The second-order valence-corrected chi connectivity index (χ2v) is 5.67. The molecule has 1 aliphatic heterocycles. The van der Waals surface area contributed by atoms with Gasteiger partial charge in [0.15, 0.2) is 0 Å². The maximum absolute atomic E-state index is 11.7. The molecule has 0 aromatic carbocycles. The predicted molar refractivity (Wildman–Crippen MR) is 77.7 cm³/mol. The third kappa shape index (κ3) is 6.75. The number of piperidine rings is 1. The number of nitrogens with one attached hydrogen (secondary N) is 2. The Kier molecular flexibility index (Phi) is 7.36. The summed E-state index contributed by atoms with van der Waals surface area (Å²) >= 11 is 0. The average molecular weight is 285 g/mol. The topological polar surface area (TPSA) is 81.7 Å². The first kappa shape index (κ1) is 16.8. The summed E-state index contributed by atoms with van der Waals surface area (Å²) in [6.07, 6.45) is 3.21. The Morgan fingerprint density at radius 2 is 2.00 bits per heavy atom. The molecule has 6 heteroatoms. The van der Waals surface area contributed by atoms with Crippen LogP contribution in [0.25, 0.3) is 0 Å². The van der Waals surface area contributed by atoms with Gasteiger partial charge in [0.2, 0.25) is 0 Å². The van der Waals surface area contributed by atoms with Gasteiger partial charge >= 0.3 is 12.0 Å². The minimum atomic E-state index is -0.831. The molecular formula is C14H27N3O3. The monoisotopic (exact) mass is 285 g/mol. The molecule has 1 atom stereocenters. The van der Waals surface area contributed by atoms with Gasteiger partial charge in [-0.3, -0.25) is 4.79 Å². The molecule has 0 aliphatic carbocycles. The quantitative estimate of drug-likeness (QED) is 0.658. The number of rotatable bonds is 7. The molecule has 1 unspecified atom stereocenters. The summed E-state index contributed by atoms with van der Waals surface area (Å²) in [7, 11) is 0. The second kappa shape index (κ2) is 8.79. The minimum Gasteiger partial charge on any atom is -0.481 e. The van der Waals surface area contributed by atoms with Crippen LogP contribution in [0, 0.1) is 5.92 Å². The lowest BCUT2D eigenvalue weighted by atomic mass is 10.1. The van der Waals surface area contributed by atoms with Crippen molar-refractivity contribution in [2.75, 3.05) is 26.2 Å². The zero-order valence-corrected chi connectivity index (χ0v) is 12.5. The molecule has 0 saturated carbocycles. The molecule has 6 nitrogen and oxygen atoms in total. The Labute approximate surface area is 120 Å². The molecule has 1 rings (SSSR count). The molecule has 1 aliphatic rings. The fraction of sp³-hybridized carbons (Fsp3) is 0.857. The maximum atomic E-state index is 11.7. The van der Waals surface area contributed by atoms with Crippen molar-refractivity contribution in [2.24, 2.45) is 5.92 Å². The molecule has 1 fully saturated rings. The first-order valence-electron chi connectivity index (χ1n) is 7.49. The van der Waals surface area contributed by atoms with Gasteiger partial charge in [-0.2, -0.15) is 0 Å². The summed E-state index contributed by atoms with van der Waals surface area (Å²) in [5, 5.41) is 14.4. The third-order valence-corrected chi connectivity index (χ3v) is 3.60. The number of aliphatic carboxylic acids is 1. The van der Waals surface area contributed by atoms with Crippen molar-refractivity contribution >= 4 is 12.0 Å². The van der Waals surface area contributed by atoms with Crippen LogP contribution in [0.2, 0.25) is 0 Å². The SMILES string of the molecule is CCCN1CCC(NC(=O)NCC(C)CC(=O)O)CC1. The van der Waals surface area contributed by atoms with Gasteiger partial charge in [-0.05, 0) is 31.7 Å². The van der Waals surface area contributed by atoms with E-state index in [9.17, 15) is 9.59 Å². The van der Waals surface area contributed by atoms with E-state index in [1.54, 1.807) is 0 Å². The van der Waals surface area contributed by atoms with Crippen LogP contribution in [0.1, 0.15) is 39.5 Å². The van der Waals surface area contributed by atoms with E-state index in [1.807, 2.05) is 6.92 Å². The summed E-state index contributed by atoms with van der Waals surface area (Å²) in [5.74, 6) is -0.882. The van der Waals surface area contributed by atoms with Crippen LogP contribution in [0.5, 0.6) is 0 Å². The van der Waals surface area contributed by atoms with Gasteiger partial charge in [-0.1, -0.05) is 13.8 Å². The predicted octanol–water partition coefficient (Wildman–Crippen LogP) is 1.27. The number of urea groups is 1. The molecule has 20 heavy (non-hydrogen) atoms. The number of amides is 2. The molecule has 0 spiro atoms. The molecule has 1 saturated heterocycles. The van der Waals surface area contributed by atoms with Gasteiger partial charge in [0, 0.05) is 32.1 Å². The Balaban J connectivity index is 2.15. The number of carbonyl (C=O) groups is 2. The van der Waals surface area contributed by atoms with Crippen molar-refractivity contribution in [3.05, 3.63) is 0 Å². The van der Waals surface area contributed by atoms with Crippen molar-refractivity contribution in [3.63, 3.8) is 0 Å². The highest BCUT2D eigenvalue weighted by Gasteiger charge is 2.20. The Morgan fingerprint density at radius 1 is 1.35 bits per heavy atom. The summed E-state index contributed by atoms with van der Waals surface area (Å²) in [6, 6.07) is 0.0501. The molecule has 0 bridgehead atoms. The van der Waals surface area contributed by atoms with Crippen molar-refractivity contribution in [3.8, 4) is 0 Å². The largest absolute Gasteiger partial charge is 0.481 e. The first-order chi connectivity index (χ1) is 9.51. The summed E-state index contributed by atoms with van der Waals surface area (Å²) in [4.78, 5) is 24.7. The fourth-order valence-electron chi connectivity index (χ4n) is 2.49. The Morgan fingerprint density at radius 3 is 2.55 bits per heavy atom. The molecule has 0 radical (unpaired) electrons. The summed E-state index contributed by atoms with van der Waals surface area (Å²) < 4.78 is 0. The van der Waals surface area contributed by atoms with Crippen molar-refractivity contribution < 1.29 is 14.7 Å². The number of nitrogens with zero attached hydrogens (tertiary/aromatic N) is 1. The Bertz CT molecular complexity index is 315. The van der Waals surface area contributed by atoms with Gasteiger partial charge in [0.1, 0.15) is 0 Å². The highest BCUT2D eigenvalue weighted by molar-refractivity contribution is 5.74. The van der Waals surface area contributed by atoms with E-state index < -0.39 is 5.97 Å². The van der Waals surface area contributed by atoms with Gasteiger partial charge in [-0.25, -0.2) is 4.79 Å². The van der Waals surface area contributed by atoms with E-state index in [-0.39, 0.29) is 24.4 Å². The van der Waals surface area contributed by atoms with Crippen molar-refractivity contribution in [2.45, 2.75) is 45.6 Å².